The van der Waals surface area contributed by atoms with Gasteiger partial charge in [0.15, 0.2) is 5.76 Å². The van der Waals surface area contributed by atoms with Crippen molar-refractivity contribution in [1.29, 1.82) is 0 Å². The highest BCUT2D eigenvalue weighted by molar-refractivity contribution is 5.99. The molecule has 4 fully saturated rings. The van der Waals surface area contributed by atoms with E-state index in [1.54, 1.807) is 7.11 Å². The fourth-order valence-electron chi connectivity index (χ4n) is 5.92. The second-order valence-electron chi connectivity index (χ2n) is 8.35. The molecule has 6 rings (SSSR count). The molecule has 132 valence electrons. The van der Waals surface area contributed by atoms with Crippen LogP contribution in [0, 0.1) is 30.6 Å². The monoisotopic (exact) mass is 339 g/mol. The molecule has 4 saturated carbocycles. The molecule has 25 heavy (non-hydrogen) atoms. The molecule has 1 amide bonds. The van der Waals surface area contributed by atoms with E-state index in [0.717, 1.165) is 34.1 Å². The molecule has 0 aliphatic heterocycles. The lowest BCUT2D eigenvalue weighted by atomic mass is 9.54. The molecular formula is C21H25NO3. The van der Waals surface area contributed by atoms with Crippen LogP contribution in [0.2, 0.25) is 0 Å². The van der Waals surface area contributed by atoms with Crippen LogP contribution in [0.3, 0.4) is 0 Å². The molecule has 1 heterocycles. The largest absolute Gasteiger partial charge is 0.497 e. The van der Waals surface area contributed by atoms with Crippen LogP contribution in [0.4, 0.5) is 0 Å². The van der Waals surface area contributed by atoms with Gasteiger partial charge in [0.25, 0.3) is 5.91 Å². The van der Waals surface area contributed by atoms with Crippen molar-refractivity contribution in [1.82, 2.24) is 5.32 Å². The number of hydrogen-bond donors (Lipinski definition) is 1. The first-order chi connectivity index (χ1) is 12.1. The van der Waals surface area contributed by atoms with Crippen LogP contribution >= 0.6 is 0 Å². The van der Waals surface area contributed by atoms with Gasteiger partial charge in [-0.2, -0.15) is 0 Å². The molecule has 4 heteroatoms. The summed E-state index contributed by atoms with van der Waals surface area (Å²) in [6, 6.07) is 6.02. The highest BCUT2D eigenvalue weighted by atomic mass is 16.5. The third-order valence-corrected chi connectivity index (χ3v) is 6.87. The maximum Gasteiger partial charge on any atom is 0.287 e. The Kier molecular flexibility index (Phi) is 3.37. The zero-order valence-corrected chi connectivity index (χ0v) is 14.9. The standard InChI is InChI=1S/C21H25NO3/c1-11-17-10-16(24-2)3-4-18(17)25-20(11)21(23)22-19-14-6-12-5-13(8-14)9-15(19)7-12/h3-4,10,12-15,19H,5-9H2,1-2H3,(H,22,23). The summed E-state index contributed by atoms with van der Waals surface area (Å²) in [7, 11) is 1.65. The summed E-state index contributed by atoms with van der Waals surface area (Å²) in [6.07, 6.45) is 6.63. The van der Waals surface area contributed by atoms with Crippen LogP contribution in [0.15, 0.2) is 22.6 Å². The number of ether oxygens (including phenoxy) is 1. The number of carbonyl (C=O) groups excluding carboxylic acids is 1. The maximum atomic E-state index is 12.9. The fraction of sp³-hybridized carbons (Fsp3) is 0.571. The van der Waals surface area contributed by atoms with Crippen LogP contribution in [0.5, 0.6) is 5.75 Å². The molecule has 0 spiro atoms. The highest BCUT2D eigenvalue weighted by Gasteiger charge is 2.48. The second kappa shape index (κ2) is 5.52. The lowest BCUT2D eigenvalue weighted by Gasteiger charge is -2.54. The van der Waals surface area contributed by atoms with E-state index in [2.05, 4.69) is 5.32 Å². The number of amides is 1. The van der Waals surface area contributed by atoms with E-state index < -0.39 is 0 Å². The average Bonchev–Trinajstić information content (AvgIpc) is 2.93. The molecule has 4 bridgehead atoms. The fourth-order valence-corrected chi connectivity index (χ4v) is 5.92. The third kappa shape index (κ3) is 2.37. The first-order valence-corrected chi connectivity index (χ1v) is 9.50. The molecule has 0 saturated heterocycles. The summed E-state index contributed by atoms with van der Waals surface area (Å²) in [5.41, 5.74) is 1.64. The first-order valence-electron chi connectivity index (χ1n) is 9.50. The van der Waals surface area contributed by atoms with E-state index in [1.165, 1.54) is 32.1 Å². The number of hydrogen-bond acceptors (Lipinski definition) is 3. The van der Waals surface area contributed by atoms with Crippen molar-refractivity contribution < 1.29 is 13.9 Å². The Balaban J connectivity index is 1.41. The van der Waals surface area contributed by atoms with E-state index in [0.29, 0.717) is 23.6 Å². The lowest BCUT2D eigenvalue weighted by Crippen LogP contribution is -2.55. The van der Waals surface area contributed by atoms with E-state index in [-0.39, 0.29) is 5.91 Å². The van der Waals surface area contributed by atoms with Crippen molar-refractivity contribution in [3.8, 4) is 5.75 Å². The zero-order chi connectivity index (χ0) is 17.1. The molecule has 1 N–H and O–H groups in total. The zero-order valence-electron chi connectivity index (χ0n) is 14.9. The van der Waals surface area contributed by atoms with Gasteiger partial charge in [-0.3, -0.25) is 4.79 Å². The van der Waals surface area contributed by atoms with Gasteiger partial charge in [0.1, 0.15) is 11.3 Å². The molecule has 4 nitrogen and oxygen atoms in total. The van der Waals surface area contributed by atoms with Crippen molar-refractivity contribution >= 4 is 16.9 Å². The van der Waals surface area contributed by atoms with Crippen LogP contribution < -0.4 is 10.1 Å². The van der Waals surface area contributed by atoms with Crippen molar-refractivity contribution in [2.75, 3.05) is 7.11 Å². The number of furan rings is 1. The predicted molar refractivity (Wildman–Crippen MR) is 95.8 cm³/mol. The number of carbonyl (C=O) groups is 1. The Morgan fingerprint density at radius 2 is 1.80 bits per heavy atom. The molecule has 0 radical (unpaired) electrons. The summed E-state index contributed by atoms with van der Waals surface area (Å²) in [5, 5.41) is 4.30. The Labute approximate surface area is 147 Å². The number of methoxy groups -OCH3 is 1. The minimum Gasteiger partial charge on any atom is -0.497 e. The molecule has 1 aromatic carbocycles. The summed E-state index contributed by atoms with van der Waals surface area (Å²) in [5.74, 6) is 4.36. The lowest BCUT2D eigenvalue weighted by molar-refractivity contribution is -0.0122. The Morgan fingerprint density at radius 3 is 2.44 bits per heavy atom. The van der Waals surface area contributed by atoms with Crippen LogP contribution in [-0.4, -0.2) is 19.1 Å². The van der Waals surface area contributed by atoms with Gasteiger partial charge in [0, 0.05) is 17.0 Å². The maximum absolute atomic E-state index is 12.9. The SMILES string of the molecule is COc1ccc2oc(C(=O)NC3C4CC5CC(C4)CC3C5)c(C)c2c1. The van der Waals surface area contributed by atoms with Gasteiger partial charge in [0.2, 0.25) is 0 Å². The summed E-state index contributed by atoms with van der Waals surface area (Å²) >= 11 is 0. The number of fused-ring (bicyclic) bond motifs is 1. The van der Waals surface area contributed by atoms with Crippen LogP contribution in [0.1, 0.15) is 48.2 Å². The summed E-state index contributed by atoms with van der Waals surface area (Å²) < 4.78 is 11.2. The number of rotatable bonds is 3. The predicted octanol–water partition coefficient (Wildman–Crippen LogP) is 4.30. The normalized spacial score (nSPS) is 33.0. The van der Waals surface area contributed by atoms with Crippen LogP contribution in [0.25, 0.3) is 11.0 Å². The molecule has 1 aromatic heterocycles. The minimum atomic E-state index is -0.0508. The molecule has 0 atom stereocenters. The van der Waals surface area contributed by atoms with Gasteiger partial charge in [-0.05, 0) is 80.9 Å². The van der Waals surface area contributed by atoms with Crippen molar-refractivity contribution in [3.63, 3.8) is 0 Å². The Morgan fingerprint density at radius 1 is 1.12 bits per heavy atom. The van der Waals surface area contributed by atoms with Gasteiger partial charge in [-0.25, -0.2) is 0 Å². The van der Waals surface area contributed by atoms with E-state index in [4.69, 9.17) is 9.15 Å². The van der Waals surface area contributed by atoms with Crippen molar-refractivity contribution in [2.24, 2.45) is 23.7 Å². The first kappa shape index (κ1) is 15.3. The summed E-state index contributed by atoms with van der Waals surface area (Å²) in [6.45, 7) is 1.96. The average molecular weight is 339 g/mol. The molecule has 2 aromatic rings. The molecule has 0 unspecified atom stereocenters. The Bertz CT molecular complexity index is 809. The van der Waals surface area contributed by atoms with Crippen LogP contribution in [-0.2, 0) is 0 Å². The van der Waals surface area contributed by atoms with Gasteiger partial charge >= 0.3 is 0 Å². The molecule has 4 aliphatic carbocycles. The Hall–Kier alpha value is -1.97. The van der Waals surface area contributed by atoms with Crippen molar-refractivity contribution in [3.05, 3.63) is 29.5 Å². The van der Waals surface area contributed by atoms with Gasteiger partial charge in [0.05, 0.1) is 7.11 Å². The minimum absolute atomic E-state index is 0.0508. The van der Waals surface area contributed by atoms with E-state index in [1.807, 2.05) is 25.1 Å². The van der Waals surface area contributed by atoms with Gasteiger partial charge in [-0.15, -0.1) is 0 Å². The number of aryl methyl sites for hydroxylation is 1. The number of nitrogens with one attached hydrogen (secondary N) is 1. The summed E-state index contributed by atoms with van der Waals surface area (Å²) in [4.78, 5) is 12.9. The third-order valence-electron chi connectivity index (χ3n) is 6.87. The van der Waals surface area contributed by atoms with Gasteiger partial charge < -0.3 is 14.5 Å². The quantitative estimate of drug-likeness (QED) is 0.907. The van der Waals surface area contributed by atoms with E-state index in [9.17, 15) is 4.79 Å². The highest BCUT2D eigenvalue weighted by Crippen LogP contribution is 2.53. The molecular weight excluding hydrogens is 314 g/mol. The number of benzene rings is 1. The van der Waals surface area contributed by atoms with E-state index >= 15 is 0 Å². The van der Waals surface area contributed by atoms with Crippen molar-refractivity contribution in [2.45, 2.75) is 45.1 Å². The topological polar surface area (TPSA) is 51.5 Å². The second-order valence-corrected chi connectivity index (χ2v) is 8.35. The molecule has 4 aliphatic rings. The van der Waals surface area contributed by atoms with Gasteiger partial charge in [-0.1, -0.05) is 0 Å². The smallest absolute Gasteiger partial charge is 0.287 e.